The second-order valence-electron chi connectivity index (χ2n) is 12.3. The Balaban J connectivity index is 0.00000300. The normalized spacial score (nSPS) is 15.6. The highest BCUT2D eigenvalue weighted by atomic mass is 35.5. The molecule has 3 amide bonds. The highest BCUT2D eigenvalue weighted by molar-refractivity contribution is 6.03. The Morgan fingerprint density at radius 2 is 1.77 bits per heavy atom. The van der Waals surface area contributed by atoms with Gasteiger partial charge in [-0.05, 0) is 50.4 Å². The van der Waals surface area contributed by atoms with Crippen LogP contribution in [0.4, 0.5) is 17.2 Å². The lowest BCUT2D eigenvalue weighted by Gasteiger charge is -2.36. The number of anilines is 3. The van der Waals surface area contributed by atoms with Gasteiger partial charge in [0, 0.05) is 23.4 Å². The molecule has 3 atom stereocenters. The van der Waals surface area contributed by atoms with Gasteiger partial charge in [-0.25, -0.2) is 9.97 Å². The molecular formula is C33H42Cl2N8O4. The number of methoxy groups -OCH3 is 1. The fourth-order valence-electron chi connectivity index (χ4n) is 5.46. The molecular weight excluding hydrogens is 643 g/mol. The van der Waals surface area contributed by atoms with Crippen molar-refractivity contribution in [1.29, 1.82) is 0 Å². The zero-order chi connectivity index (χ0) is 32.3. The van der Waals surface area contributed by atoms with Gasteiger partial charge in [0.1, 0.15) is 30.0 Å². The maximum absolute atomic E-state index is 13.9. The molecule has 252 valence electrons. The number of benzene rings is 2. The Kier molecular flexibility index (Phi) is 12.3. The first-order valence-corrected chi connectivity index (χ1v) is 15.0. The number of hydrogen-bond donors (Lipinski definition) is 4. The number of likely N-dealkylation sites (tertiary alicyclic amines) is 1. The first kappa shape index (κ1) is 37.2. The van der Waals surface area contributed by atoms with Gasteiger partial charge in [-0.15, -0.1) is 24.8 Å². The third-order valence-electron chi connectivity index (χ3n) is 8.13. The molecule has 3 heterocycles. The summed E-state index contributed by atoms with van der Waals surface area (Å²) in [5, 5.41) is 13.8. The molecule has 14 heteroatoms. The smallest absolute Gasteiger partial charge is 0.247 e. The van der Waals surface area contributed by atoms with Crippen molar-refractivity contribution in [2.24, 2.45) is 5.41 Å². The average molecular weight is 686 g/mol. The highest BCUT2D eigenvalue weighted by Gasteiger charge is 2.42. The summed E-state index contributed by atoms with van der Waals surface area (Å²) >= 11 is 0. The quantitative estimate of drug-likeness (QED) is 0.194. The average Bonchev–Trinajstić information content (AvgIpc) is 3.52. The number of nitrogens with one attached hydrogen (secondary N) is 4. The number of aromatic nitrogens is 3. The van der Waals surface area contributed by atoms with Gasteiger partial charge in [-0.3, -0.25) is 19.4 Å². The fourth-order valence-corrected chi connectivity index (χ4v) is 5.46. The number of rotatable bonds is 9. The number of halogens is 2. The number of carbonyl (C=O) groups is 3. The molecule has 5 rings (SSSR count). The Bertz CT molecular complexity index is 1750. The molecule has 0 radical (unpaired) electrons. The second-order valence-corrected chi connectivity index (χ2v) is 12.3. The molecule has 1 aliphatic rings. The second kappa shape index (κ2) is 15.6. The number of pyridine rings is 1. The van der Waals surface area contributed by atoms with Gasteiger partial charge < -0.3 is 30.9 Å². The van der Waals surface area contributed by atoms with Gasteiger partial charge >= 0.3 is 0 Å². The van der Waals surface area contributed by atoms with E-state index in [9.17, 15) is 14.4 Å². The van der Waals surface area contributed by atoms with E-state index in [0.29, 0.717) is 47.5 Å². The third kappa shape index (κ3) is 8.19. The van der Waals surface area contributed by atoms with Crippen molar-refractivity contribution < 1.29 is 19.1 Å². The van der Waals surface area contributed by atoms with E-state index in [1.54, 1.807) is 37.2 Å². The molecule has 2 aromatic heterocycles. The van der Waals surface area contributed by atoms with E-state index in [4.69, 9.17) is 4.74 Å². The van der Waals surface area contributed by atoms with Crippen molar-refractivity contribution >= 4 is 81.5 Å². The first-order chi connectivity index (χ1) is 21.5. The number of likely N-dealkylation sites (N-methyl/N-ethyl adjacent to an activating group) is 1. The minimum absolute atomic E-state index is 0. The standard InChI is InChI=1S/C33H40N8O4.2ClH/c1-19(34-5)30(42)40-28(33(2,3)4)32(44)41-13-9-12-26(41)31(43)39-25-15-22-24(16-27(25)45-6)36-18-37-29(22)38-21-14-20-10-7-8-11-23(20)35-17-21;;/h7-8,10-11,14-19,26,28,34H,9,12-13H2,1-6H3,(H,39,43)(H,40,42)(H,36,37,38);2*1H. The van der Waals surface area contributed by atoms with Crippen molar-refractivity contribution in [1.82, 2.24) is 30.5 Å². The van der Waals surface area contributed by atoms with Crippen LogP contribution in [-0.2, 0) is 14.4 Å². The molecule has 4 N–H and O–H groups in total. The lowest BCUT2D eigenvalue weighted by molar-refractivity contribution is -0.143. The minimum Gasteiger partial charge on any atom is -0.494 e. The van der Waals surface area contributed by atoms with Crippen LogP contribution in [0.15, 0.2) is 55.0 Å². The summed E-state index contributed by atoms with van der Waals surface area (Å²) in [6, 6.07) is 11.3. The fraction of sp³-hybridized carbons (Fsp3) is 0.394. The van der Waals surface area contributed by atoms with E-state index in [0.717, 1.165) is 16.6 Å². The monoisotopic (exact) mass is 684 g/mol. The van der Waals surface area contributed by atoms with E-state index in [2.05, 4.69) is 36.2 Å². The number of para-hydroxylation sites is 1. The van der Waals surface area contributed by atoms with Crippen molar-refractivity contribution in [3.63, 3.8) is 0 Å². The molecule has 1 fully saturated rings. The molecule has 4 aromatic rings. The van der Waals surface area contributed by atoms with Gasteiger partial charge in [0.2, 0.25) is 17.7 Å². The summed E-state index contributed by atoms with van der Waals surface area (Å²) in [5.74, 6) is 0.0485. The maximum atomic E-state index is 13.9. The first-order valence-electron chi connectivity index (χ1n) is 15.0. The molecule has 0 aliphatic carbocycles. The number of ether oxygens (including phenoxy) is 1. The van der Waals surface area contributed by atoms with Gasteiger partial charge in [-0.1, -0.05) is 39.0 Å². The number of fused-ring (bicyclic) bond motifs is 2. The minimum atomic E-state index is -0.806. The van der Waals surface area contributed by atoms with Crippen molar-refractivity contribution in [3.05, 3.63) is 55.0 Å². The topological polar surface area (TPSA) is 150 Å². The lowest BCUT2D eigenvalue weighted by Crippen LogP contribution is -2.59. The van der Waals surface area contributed by atoms with E-state index >= 15 is 0 Å². The van der Waals surface area contributed by atoms with E-state index < -0.39 is 23.5 Å². The zero-order valence-corrected chi connectivity index (χ0v) is 28.9. The Morgan fingerprint density at radius 3 is 2.47 bits per heavy atom. The summed E-state index contributed by atoms with van der Waals surface area (Å²) in [5.41, 5.74) is 2.10. The molecule has 2 aromatic carbocycles. The Hall–Kier alpha value is -4.26. The maximum Gasteiger partial charge on any atom is 0.247 e. The summed E-state index contributed by atoms with van der Waals surface area (Å²) in [7, 11) is 3.21. The van der Waals surface area contributed by atoms with Crippen LogP contribution >= 0.6 is 24.8 Å². The zero-order valence-electron chi connectivity index (χ0n) is 27.3. The van der Waals surface area contributed by atoms with Gasteiger partial charge in [-0.2, -0.15) is 0 Å². The molecule has 12 nitrogen and oxygen atoms in total. The number of amides is 3. The number of carbonyl (C=O) groups excluding carboxylic acids is 3. The highest BCUT2D eigenvalue weighted by Crippen LogP contribution is 2.34. The van der Waals surface area contributed by atoms with Crippen LogP contribution in [0.5, 0.6) is 5.75 Å². The third-order valence-corrected chi connectivity index (χ3v) is 8.13. The molecule has 3 unspecified atom stereocenters. The molecule has 1 saturated heterocycles. The molecule has 47 heavy (non-hydrogen) atoms. The largest absolute Gasteiger partial charge is 0.494 e. The van der Waals surface area contributed by atoms with Crippen LogP contribution in [0.3, 0.4) is 0 Å². The van der Waals surface area contributed by atoms with Crippen LogP contribution in [0.25, 0.3) is 21.8 Å². The lowest BCUT2D eigenvalue weighted by atomic mass is 9.85. The summed E-state index contributed by atoms with van der Waals surface area (Å²) in [4.78, 5) is 55.3. The summed E-state index contributed by atoms with van der Waals surface area (Å²) in [6.45, 7) is 7.83. The van der Waals surface area contributed by atoms with Crippen molar-refractivity contribution in [2.75, 3.05) is 31.3 Å². The van der Waals surface area contributed by atoms with Crippen molar-refractivity contribution in [3.8, 4) is 5.75 Å². The van der Waals surface area contributed by atoms with Crippen LogP contribution in [-0.4, -0.2) is 76.4 Å². The SMILES string of the molecule is CNC(C)C(=O)NC(C(=O)N1CCCC1C(=O)Nc1cc2c(Nc3cnc4ccccc4c3)ncnc2cc1OC)C(C)(C)C.Cl.Cl. The predicted octanol–water partition coefficient (Wildman–Crippen LogP) is 4.84. The van der Waals surface area contributed by atoms with Gasteiger partial charge in [0.05, 0.1) is 41.8 Å². The van der Waals surface area contributed by atoms with Crippen LogP contribution in [0.2, 0.25) is 0 Å². The molecule has 0 bridgehead atoms. The van der Waals surface area contributed by atoms with Gasteiger partial charge in [0.15, 0.2) is 0 Å². The van der Waals surface area contributed by atoms with Crippen LogP contribution in [0, 0.1) is 5.41 Å². The predicted molar refractivity (Wildman–Crippen MR) is 189 cm³/mol. The van der Waals surface area contributed by atoms with Gasteiger partial charge in [0.25, 0.3) is 0 Å². The molecule has 0 saturated carbocycles. The van der Waals surface area contributed by atoms with E-state index in [1.807, 2.05) is 51.1 Å². The number of hydrogen-bond acceptors (Lipinski definition) is 9. The number of nitrogens with zero attached hydrogens (tertiary/aromatic N) is 4. The Morgan fingerprint density at radius 1 is 1.02 bits per heavy atom. The summed E-state index contributed by atoms with van der Waals surface area (Å²) in [6.07, 6.45) is 4.36. The van der Waals surface area contributed by atoms with E-state index in [-0.39, 0.29) is 42.5 Å². The van der Waals surface area contributed by atoms with Crippen LogP contribution in [0.1, 0.15) is 40.5 Å². The Labute approximate surface area is 286 Å². The van der Waals surface area contributed by atoms with Crippen LogP contribution < -0.4 is 26.0 Å². The van der Waals surface area contributed by atoms with E-state index in [1.165, 1.54) is 13.4 Å². The molecule has 1 aliphatic heterocycles. The van der Waals surface area contributed by atoms with Crippen molar-refractivity contribution in [2.45, 2.75) is 58.7 Å². The summed E-state index contributed by atoms with van der Waals surface area (Å²) < 4.78 is 5.62. The molecule has 0 spiro atoms.